The van der Waals surface area contributed by atoms with E-state index in [-0.39, 0.29) is 50.7 Å². The molecule has 0 aliphatic heterocycles. The van der Waals surface area contributed by atoms with Gasteiger partial charge >= 0.3 is 0 Å². The zero-order valence-corrected chi connectivity index (χ0v) is 14.0. The maximum absolute atomic E-state index is 12.9. The monoisotopic (exact) mass is 348 g/mol. The van der Waals surface area contributed by atoms with E-state index in [4.69, 9.17) is 23.4 Å². The predicted molar refractivity (Wildman–Crippen MR) is 89.5 cm³/mol. The summed E-state index contributed by atoms with van der Waals surface area (Å²) >= 11 is 0. The Morgan fingerprint density at radius 1 is 0.840 bits per heavy atom. The summed E-state index contributed by atoms with van der Waals surface area (Å²) in [4.78, 5) is 12.9. The lowest BCUT2D eigenvalue weighted by Gasteiger charge is -2.16. The van der Waals surface area contributed by atoms with Crippen LogP contribution < -0.4 is 24.4 Å². The fourth-order valence-corrected chi connectivity index (χ4v) is 2.77. The Bertz CT molecular complexity index is 1030. The molecule has 0 unspecified atom stereocenters. The molecule has 25 heavy (non-hydrogen) atoms. The van der Waals surface area contributed by atoms with Crippen molar-refractivity contribution in [2.75, 3.05) is 28.4 Å². The Balaban J connectivity index is 2.65. The number of methoxy groups -OCH3 is 4. The summed E-state index contributed by atoms with van der Waals surface area (Å²) in [6.45, 7) is 0. The van der Waals surface area contributed by atoms with E-state index in [1.54, 1.807) is 0 Å². The number of benzene rings is 2. The van der Waals surface area contributed by atoms with Crippen molar-refractivity contribution in [3.05, 3.63) is 22.4 Å². The Hall–Kier alpha value is -3.29. The van der Waals surface area contributed by atoms with E-state index in [0.717, 1.165) is 0 Å². The third-order valence-electron chi connectivity index (χ3n) is 3.85. The van der Waals surface area contributed by atoms with Gasteiger partial charge in [0, 0.05) is 6.07 Å². The molecule has 3 aromatic rings. The molecule has 1 aromatic heterocycles. The molecule has 0 aliphatic rings. The molecule has 0 bridgehead atoms. The van der Waals surface area contributed by atoms with Gasteiger partial charge in [-0.25, -0.2) is 0 Å². The van der Waals surface area contributed by atoms with Crippen LogP contribution in [-0.2, 0) is 0 Å². The fourth-order valence-electron chi connectivity index (χ4n) is 2.77. The summed E-state index contributed by atoms with van der Waals surface area (Å²) in [7, 11) is 5.43. The van der Waals surface area contributed by atoms with E-state index in [9.17, 15) is 15.0 Å². The van der Waals surface area contributed by atoms with Gasteiger partial charge in [0.15, 0.2) is 22.7 Å². The number of ether oxygens (including phenoxy) is 4. The zero-order valence-electron chi connectivity index (χ0n) is 14.0. The molecule has 0 fully saturated rings. The van der Waals surface area contributed by atoms with Crippen LogP contribution >= 0.6 is 0 Å². The first-order valence-electron chi connectivity index (χ1n) is 7.16. The van der Waals surface area contributed by atoms with Gasteiger partial charge < -0.3 is 33.6 Å². The van der Waals surface area contributed by atoms with Gasteiger partial charge in [-0.3, -0.25) is 4.79 Å². The third kappa shape index (κ3) is 2.25. The molecule has 0 aliphatic carbocycles. The average Bonchev–Trinajstić information content (AvgIpc) is 2.61. The molecular weight excluding hydrogens is 332 g/mol. The molecule has 0 saturated carbocycles. The summed E-state index contributed by atoms with van der Waals surface area (Å²) < 4.78 is 26.6. The second-order valence-corrected chi connectivity index (χ2v) is 5.11. The predicted octanol–water partition coefficient (Wildman–Crippen LogP) is 2.39. The standard InChI is InChI=1S/C17H16O8/c1-21-9-6-7(18)5-8-11(19)10-12(20)15(22-2)17(24-4)16(23-3)14(10)25-13(8)9/h5-6,18,20H,1-4H3. The number of phenolic OH excluding ortho intramolecular Hbond substituents is 2. The maximum Gasteiger partial charge on any atom is 0.211 e. The highest BCUT2D eigenvalue weighted by Gasteiger charge is 2.27. The van der Waals surface area contributed by atoms with E-state index in [2.05, 4.69) is 0 Å². The molecule has 8 heteroatoms. The van der Waals surface area contributed by atoms with Gasteiger partial charge in [0.05, 0.1) is 33.8 Å². The number of aromatic hydroxyl groups is 2. The number of phenols is 2. The SMILES string of the molecule is COc1c(OC)c(O)c2c(=O)c3cc(O)cc(OC)c3oc2c1OC. The molecule has 0 saturated heterocycles. The van der Waals surface area contributed by atoms with E-state index in [0.29, 0.717) is 0 Å². The van der Waals surface area contributed by atoms with Crippen molar-refractivity contribution in [2.24, 2.45) is 0 Å². The molecular formula is C17H16O8. The largest absolute Gasteiger partial charge is 0.508 e. The molecule has 2 N–H and O–H groups in total. The Kier molecular flexibility index (Phi) is 3.96. The van der Waals surface area contributed by atoms with Gasteiger partial charge in [-0.05, 0) is 6.07 Å². The minimum absolute atomic E-state index is 0.0286. The molecule has 132 valence electrons. The van der Waals surface area contributed by atoms with E-state index >= 15 is 0 Å². The fraction of sp³-hybridized carbons (Fsp3) is 0.235. The first-order chi connectivity index (χ1) is 12.0. The van der Waals surface area contributed by atoms with Crippen LogP contribution in [0.15, 0.2) is 21.3 Å². The summed E-state index contributed by atoms with van der Waals surface area (Å²) in [5.41, 5.74) is -0.510. The topological polar surface area (TPSA) is 108 Å². The number of hydrogen-bond donors (Lipinski definition) is 2. The third-order valence-corrected chi connectivity index (χ3v) is 3.85. The van der Waals surface area contributed by atoms with E-state index in [1.807, 2.05) is 0 Å². The van der Waals surface area contributed by atoms with Crippen LogP contribution in [0, 0.1) is 0 Å². The minimum Gasteiger partial charge on any atom is -0.508 e. The van der Waals surface area contributed by atoms with Crippen molar-refractivity contribution in [1.82, 2.24) is 0 Å². The van der Waals surface area contributed by atoms with Crippen molar-refractivity contribution in [3.63, 3.8) is 0 Å². The van der Waals surface area contributed by atoms with Crippen LogP contribution in [0.5, 0.6) is 34.5 Å². The van der Waals surface area contributed by atoms with Crippen LogP contribution in [0.1, 0.15) is 0 Å². The van der Waals surface area contributed by atoms with Crippen molar-refractivity contribution in [1.29, 1.82) is 0 Å². The van der Waals surface area contributed by atoms with Crippen LogP contribution in [0.3, 0.4) is 0 Å². The van der Waals surface area contributed by atoms with Crippen LogP contribution in [0.25, 0.3) is 21.9 Å². The molecule has 0 amide bonds. The smallest absolute Gasteiger partial charge is 0.211 e. The second kappa shape index (κ2) is 5.97. The van der Waals surface area contributed by atoms with Crippen LogP contribution in [0.4, 0.5) is 0 Å². The maximum atomic E-state index is 12.9. The normalized spacial score (nSPS) is 10.9. The average molecular weight is 348 g/mol. The Morgan fingerprint density at radius 3 is 2.04 bits per heavy atom. The molecule has 1 heterocycles. The molecule has 8 nitrogen and oxygen atoms in total. The first kappa shape index (κ1) is 16.6. The lowest BCUT2D eigenvalue weighted by Crippen LogP contribution is -2.06. The summed E-state index contributed by atoms with van der Waals surface area (Å²) in [6, 6.07) is 2.54. The Labute approximate surface area is 141 Å². The van der Waals surface area contributed by atoms with Gasteiger partial charge in [0.1, 0.15) is 11.1 Å². The highest BCUT2D eigenvalue weighted by molar-refractivity contribution is 6.01. The van der Waals surface area contributed by atoms with E-state index < -0.39 is 11.2 Å². The summed E-state index contributed by atoms with van der Waals surface area (Å²) in [6.07, 6.45) is 0. The van der Waals surface area contributed by atoms with Crippen molar-refractivity contribution in [3.8, 4) is 34.5 Å². The van der Waals surface area contributed by atoms with Crippen molar-refractivity contribution < 1.29 is 33.6 Å². The van der Waals surface area contributed by atoms with Crippen molar-refractivity contribution in [2.45, 2.75) is 0 Å². The van der Waals surface area contributed by atoms with E-state index in [1.165, 1.54) is 40.6 Å². The first-order valence-corrected chi connectivity index (χ1v) is 7.16. The summed E-state index contributed by atoms with van der Waals surface area (Å²) in [5.74, 6) is -0.372. The summed E-state index contributed by atoms with van der Waals surface area (Å²) in [5, 5.41) is 20.2. The highest BCUT2D eigenvalue weighted by Crippen LogP contribution is 2.50. The number of rotatable bonds is 4. The molecule has 0 spiro atoms. The molecule has 3 rings (SSSR count). The van der Waals surface area contributed by atoms with Crippen LogP contribution in [0.2, 0.25) is 0 Å². The van der Waals surface area contributed by atoms with Gasteiger partial charge in [0.2, 0.25) is 22.7 Å². The molecule has 0 atom stereocenters. The number of fused-ring (bicyclic) bond motifs is 2. The van der Waals surface area contributed by atoms with Gasteiger partial charge in [0.25, 0.3) is 0 Å². The van der Waals surface area contributed by atoms with Crippen LogP contribution in [-0.4, -0.2) is 38.7 Å². The lowest BCUT2D eigenvalue weighted by atomic mass is 10.1. The Morgan fingerprint density at radius 2 is 1.48 bits per heavy atom. The molecule has 2 aromatic carbocycles. The quantitative estimate of drug-likeness (QED) is 0.692. The zero-order chi connectivity index (χ0) is 18.3. The van der Waals surface area contributed by atoms with Gasteiger partial charge in [-0.15, -0.1) is 0 Å². The number of hydrogen-bond acceptors (Lipinski definition) is 8. The van der Waals surface area contributed by atoms with Crippen molar-refractivity contribution >= 4 is 21.9 Å². The van der Waals surface area contributed by atoms with Gasteiger partial charge in [-0.2, -0.15) is 0 Å². The minimum atomic E-state index is -0.581. The second-order valence-electron chi connectivity index (χ2n) is 5.11. The highest BCUT2D eigenvalue weighted by atomic mass is 16.5. The van der Waals surface area contributed by atoms with Gasteiger partial charge in [-0.1, -0.05) is 0 Å². The lowest BCUT2D eigenvalue weighted by molar-refractivity contribution is 0.311. The molecule has 0 radical (unpaired) electrons.